The second-order valence-corrected chi connectivity index (χ2v) is 3.86. The molecule has 0 bridgehead atoms. The zero-order valence-electron chi connectivity index (χ0n) is 10.5. The molecule has 0 unspecified atom stereocenters. The first kappa shape index (κ1) is 16.4. The number of nitrogens with zero attached hydrogens (tertiary/aromatic N) is 1. The molecule has 0 aliphatic carbocycles. The minimum Gasteiger partial charge on any atom is -0.345 e. The van der Waals surface area contributed by atoms with Crippen LogP contribution in [-0.2, 0) is 4.79 Å². The Hall–Kier alpha value is -1.59. The van der Waals surface area contributed by atoms with E-state index in [0.717, 1.165) is 0 Å². The molecule has 18 heavy (non-hydrogen) atoms. The monoisotopic (exact) mass is 271 g/mol. The Balaban J connectivity index is 0.00000289. The molecule has 100 valence electrons. The molecule has 5 nitrogen and oxygen atoms in total. The van der Waals surface area contributed by atoms with Gasteiger partial charge in [-0.25, -0.2) is 0 Å². The molecule has 0 aliphatic rings. The lowest BCUT2D eigenvalue weighted by Gasteiger charge is -2.10. The standard InChI is InChI=1S/C12H17N3O2.ClH/c1-15(2)12(17)9-3-5-10(6-4-9)14-11(16)7-8-13;/h3-6H,7-8,13H2,1-2H3,(H,14,16);1H. The number of halogens is 1. The van der Waals surface area contributed by atoms with Crippen molar-refractivity contribution < 1.29 is 9.59 Å². The molecule has 0 aromatic heterocycles. The van der Waals surface area contributed by atoms with Crippen LogP contribution in [0, 0.1) is 0 Å². The third-order valence-corrected chi connectivity index (χ3v) is 2.19. The van der Waals surface area contributed by atoms with E-state index in [-0.39, 0.29) is 24.2 Å². The predicted octanol–water partition coefficient (Wildman–Crippen LogP) is 1.10. The minimum atomic E-state index is -0.126. The van der Waals surface area contributed by atoms with Gasteiger partial charge in [0.1, 0.15) is 0 Å². The summed E-state index contributed by atoms with van der Waals surface area (Å²) in [6.07, 6.45) is 0.290. The molecule has 1 aromatic rings. The van der Waals surface area contributed by atoms with Gasteiger partial charge in [-0.15, -0.1) is 12.4 Å². The van der Waals surface area contributed by atoms with E-state index < -0.39 is 0 Å². The Morgan fingerprint density at radius 1 is 1.22 bits per heavy atom. The molecule has 0 aliphatic heterocycles. The Kier molecular flexibility index (Phi) is 7.00. The smallest absolute Gasteiger partial charge is 0.253 e. The predicted molar refractivity (Wildman–Crippen MR) is 74.0 cm³/mol. The van der Waals surface area contributed by atoms with E-state index in [4.69, 9.17) is 5.73 Å². The van der Waals surface area contributed by atoms with E-state index in [9.17, 15) is 9.59 Å². The topological polar surface area (TPSA) is 75.4 Å². The van der Waals surface area contributed by atoms with Gasteiger partial charge in [-0.05, 0) is 24.3 Å². The zero-order chi connectivity index (χ0) is 12.8. The van der Waals surface area contributed by atoms with E-state index in [1.54, 1.807) is 38.4 Å². The molecular formula is C12H18ClN3O2. The molecule has 6 heteroatoms. The minimum absolute atomic E-state index is 0. The van der Waals surface area contributed by atoms with Crippen LogP contribution in [0.25, 0.3) is 0 Å². The largest absolute Gasteiger partial charge is 0.345 e. The number of hydrogen-bond acceptors (Lipinski definition) is 3. The van der Waals surface area contributed by atoms with E-state index >= 15 is 0 Å². The van der Waals surface area contributed by atoms with Crippen molar-refractivity contribution in [2.24, 2.45) is 5.73 Å². The lowest BCUT2D eigenvalue weighted by atomic mass is 10.2. The molecule has 0 spiro atoms. The number of anilines is 1. The lowest BCUT2D eigenvalue weighted by Crippen LogP contribution is -2.21. The van der Waals surface area contributed by atoms with Gasteiger partial charge in [0, 0.05) is 38.3 Å². The van der Waals surface area contributed by atoms with Crippen LogP contribution in [0.4, 0.5) is 5.69 Å². The van der Waals surface area contributed by atoms with Crippen LogP contribution in [0.15, 0.2) is 24.3 Å². The Labute approximate surface area is 113 Å². The molecule has 1 aromatic carbocycles. The summed E-state index contributed by atoms with van der Waals surface area (Å²) in [7, 11) is 3.39. The number of amides is 2. The van der Waals surface area contributed by atoms with Crippen LogP contribution < -0.4 is 11.1 Å². The maximum Gasteiger partial charge on any atom is 0.253 e. The van der Waals surface area contributed by atoms with Crippen LogP contribution in [0.3, 0.4) is 0 Å². The number of carbonyl (C=O) groups excluding carboxylic acids is 2. The van der Waals surface area contributed by atoms with Crippen molar-refractivity contribution in [2.75, 3.05) is 26.0 Å². The highest BCUT2D eigenvalue weighted by atomic mass is 35.5. The van der Waals surface area contributed by atoms with Gasteiger partial charge in [-0.1, -0.05) is 0 Å². The Morgan fingerprint density at radius 3 is 2.22 bits per heavy atom. The van der Waals surface area contributed by atoms with Crippen LogP contribution >= 0.6 is 12.4 Å². The quantitative estimate of drug-likeness (QED) is 0.861. The number of hydrogen-bond donors (Lipinski definition) is 2. The molecule has 0 saturated heterocycles. The summed E-state index contributed by atoms with van der Waals surface area (Å²) in [6, 6.07) is 6.76. The summed E-state index contributed by atoms with van der Waals surface area (Å²) in [5.41, 5.74) is 6.52. The highest BCUT2D eigenvalue weighted by Gasteiger charge is 2.07. The fourth-order valence-corrected chi connectivity index (χ4v) is 1.31. The second-order valence-electron chi connectivity index (χ2n) is 3.86. The average molecular weight is 272 g/mol. The van der Waals surface area contributed by atoms with Crippen molar-refractivity contribution in [1.29, 1.82) is 0 Å². The number of nitrogens with two attached hydrogens (primary N) is 1. The van der Waals surface area contributed by atoms with Crippen LogP contribution in [-0.4, -0.2) is 37.4 Å². The van der Waals surface area contributed by atoms with Crippen molar-refractivity contribution in [3.8, 4) is 0 Å². The third-order valence-electron chi connectivity index (χ3n) is 2.19. The fraction of sp³-hybridized carbons (Fsp3) is 0.333. The summed E-state index contributed by atoms with van der Waals surface area (Å²) in [5.74, 6) is -0.191. The van der Waals surface area contributed by atoms with Crippen LogP contribution in [0.5, 0.6) is 0 Å². The molecular weight excluding hydrogens is 254 g/mol. The molecule has 0 fully saturated rings. The number of nitrogens with one attached hydrogen (secondary N) is 1. The summed E-state index contributed by atoms with van der Waals surface area (Å²) >= 11 is 0. The average Bonchev–Trinajstić information content (AvgIpc) is 2.29. The highest BCUT2D eigenvalue weighted by Crippen LogP contribution is 2.10. The molecule has 0 atom stereocenters. The summed E-state index contributed by atoms with van der Waals surface area (Å²) in [6.45, 7) is 0.322. The summed E-state index contributed by atoms with van der Waals surface area (Å²) in [4.78, 5) is 24.4. The van der Waals surface area contributed by atoms with Gasteiger partial charge >= 0.3 is 0 Å². The normalized spacial score (nSPS) is 9.28. The Bertz CT molecular complexity index is 404. The fourth-order valence-electron chi connectivity index (χ4n) is 1.31. The van der Waals surface area contributed by atoms with E-state index in [1.807, 2.05) is 0 Å². The van der Waals surface area contributed by atoms with Crippen molar-refractivity contribution in [2.45, 2.75) is 6.42 Å². The number of benzene rings is 1. The van der Waals surface area contributed by atoms with Crippen molar-refractivity contribution in [3.63, 3.8) is 0 Å². The van der Waals surface area contributed by atoms with E-state index in [2.05, 4.69) is 5.32 Å². The van der Waals surface area contributed by atoms with Gasteiger partial charge in [0.05, 0.1) is 0 Å². The lowest BCUT2D eigenvalue weighted by molar-refractivity contribution is -0.116. The SMILES string of the molecule is CN(C)C(=O)c1ccc(NC(=O)CCN)cc1.Cl. The maximum atomic E-state index is 11.6. The molecule has 1 rings (SSSR count). The van der Waals surface area contributed by atoms with Crippen LogP contribution in [0.2, 0.25) is 0 Å². The van der Waals surface area contributed by atoms with Crippen LogP contribution in [0.1, 0.15) is 16.8 Å². The zero-order valence-corrected chi connectivity index (χ0v) is 11.3. The first-order valence-corrected chi connectivity index (χ1v) is 5.36. The van der Waals surface area contributed by atoms with Gasteiger partial charge in [0.25, 0.3) is 5.91 Å². The van der Waals surface area contributed by atoms with Gasteiger partial charge < -0.3 is 16.0 Å². The van der Waals surface area contributed by atoms with Gasteiger partial charge in [-0.2, -0.15) is 0 Å². The molecule has 3 N–H and O–H groups in total. The van der Waals surface area contributed by atoms with Gasteiger partial charge in [0.15, 0.2) is 0 Å². The van der Waals surface area contributed by atoms with Crippen molar-refractivity contribution in [3.05, 3.63) is 29.8 Å². The number of rotatable bonds is 4. The summed E-state index contributed by atoms with van der Waals surface area (Å²) in [5, 5.41) is 2.69. The summed E-state index contributed by atoms with van der Waals surface area (Å²) < 4.78 is 0. The van der Waals surface area contributed by atoms with Crippen molar-refractivity contribution in [1.82, 2.24) is 4.90 Å². The molecule has 0 radical (unpaired) electrons. The van der Waals surface area contributed by atoms with E-state index in [0.29, 0.717) is 24.2 Å². The van der Waals surface area contributed by atoms with E-state index in [1.165, 1.54) is 4.90 Å². The molecule has 0 heterocycles. The number of carbonyl (C=O) groups is 2. The Morgan fingerprint density at radius 2 is 1.78 bits per heavy atom. The highest BCUT2D eigenvalue weighted by molar-refractivity contribution is 5.95. The van der Waals surface area contributed by atoms with Gasteiger partial charge in [-0.3, -0.25) is 9.59 Å². The van der Waals surface area contributed by atoms with Gasteiger partial charge in [0.2, 0.25) is 5.91 Å². The first-order chi connectivity index (χ1) is 8.04. The molecule has 0 saturated carbocycles. The first-order valence-electron chi connectivity index (χ1n) is 5.36. The third kappa shape index (κ3) is 4.73. The maximum absolute atomic E-state index is 11.6. The van der Waals surface area contributed by atoms with Crippen molar-refractivity contribution >= 4 is 29.9 Å². The second kappa shape index (κ2) is 7.68. The molecule has 2 amide bonds.